The first kappa shape index (κ1) is 23.1. The first-order valence-corrected chi connectivity index (χ1v) is 10.5. The van der Waals surface area contributed by atoms with Gasteiger partial charge in [-0.15, -0.1) is 0 Å². The number of ether oxygens (including phenoxy) is 2. The molecule has 0 fully saturated rings. The summed E-state index contributed by atoms with van der Waals surface area (Å²) in [4.78, 5) is 38.7. The molecule has 3 N–H and O–H groups in total. The van der Waals surface area contributed by atoms with Crippen LogP contribution in [0.5, 0.6) is 11.5 Å². The van der Waals surface area contributed by atoms with Gasteiger partial charge in [-0.25, -0.2) is 4.79 Å². The molecule has 1 amide bonds. The number of anilines is 1. The number of carboxylic acid groups (broad SMARTS) is 1. The van der Waals surface area contributed by atoms with E-state index < -0.39 is 5.97 Å². The van der Waals surface area contributed by atoms with E-state index in [2.05, 4.69) is 15.6 Å². The smallest absolute Gasteiger partial charge is 0.349 e. The summed E-state index contributed by atoms with van der Waals surface area (Å²) in [5, 5.41) is 14.5. The molecular weight excluding hydrogens is 416 g/mol. The lowest BCUT2D eigenvalue weighted by Crippen LogP contribution is -2.29. The van der Waals surface area contributed by atoms with Crippen molar-refractivity contribution in [2.75, 3.05) is 32.6 Å². The number of hydrogen-bond acceptors (Lipinski definition) is 7. The Morgan fingerprint density at radius 3 is 2.53 bits per heavy atom. The summed E-state index contributed by atoms with van der Waals surface area (Å²) in [6.45, 7) is 1.60. The van der Waals surface area contributed by atoms with E-state index in [1.54, 1.807) is 18.8 Å². The van der Waals surface area contributed by atoms with Crippen molar-refractivity contribution in [2.24, 2.45) is 0 Å². The zero-order valence-electron chi connectivity index (χ0n) is 18.3. The molecule has 0 bridgehead atoms. The molecule has 0 saturated carbocycles. The Morgan fingerprint density at radius 2 is 1.81 bits per heavy atom. The molecule has 1 aliphatic rings. The summed E-state index contributed by atoms with van der Waals surface area (Å²) in [7, 11) is 3.17. The molecule has 2 aromatic rings. The van der Waals surface area contributed by atoms with E-state index in [0.29, 0.717) is 43.4 Å². The van der Waals surface area contributed by atoms with Gasteiger partial charge in [-0.2, -0.15) is 4.98 Å². The van der Waals surface area contributed by atoms with Crippen LogP contribution >= 0.6 is 0 Å². The maximum Gasteiger partial charge on any atom is 0.349 e. The topological polar surface area (TPSA) is 132 Å². The Labute approximate surface area is 185 Å². The van der Waals surface area contributed by atoms with E-state index in [1.807, 2.05) is 18.2 Å². The molecule has 3 rings (SSSR count). The first-order valence-electron chi connectivity index (χ1n) is 10.5. The molecule has 1 aromatic carbocycles. The van der Waals surface area contributed by atoms with Crippen LogP contribution in [0.4, 0.5) is 5.82 Å². The monoisotopic (exact) mass is 444 g/mol. The Balaban J connectivity index is 1.60. The number of aromatic nitrogens is 2. The SMILES string of the molecule is COc1cc2c(cc1OC)-c1cc(NCCCCNC(=O)CCC(=O)O)nc(=O)n1CC2. The quantitative estimate of drug-likeness (QED) is 0.446. The fourth-order valence-electron chi connectivity index (χ4n) is 3.64. The zero-order valence-corrected chi connectivity index (χ0v) is 18.3. The Kier molecular flexibility index (Phi) is 7.69. The number of carbonyl (C=O) groups excluding carboxylic acids is 1. The van der Waals surface area contributed by atoms with E-state index in [1.165, 1.54) is 0 Å². The van der Waals surface area contributed by atoms with Crippen LogP contribution in [-0.2, 0) is 22.6 Å². The van der Waals surface area contributed by atoms with Crippen molar-refractivity contribution in [3.63, 3.8) is 0 Å². The standard InChI is InChI=1S/C22H28N4O6/c1-31-17-11-14-7-10-26-16(15(14)12-18(17)32-2)13-19(25-22(26)30)23-8-3-4-9-24-20(27)5-6-21(28)29/h11-13H,3-10H2,1-2H3,(H,24,27)(H,28,29)(H,23,25,30). The minimum absolute atomic E-state index is 0.0191. The number of benzene rings is 1. The molecule has 0 spiro atoms. The highest BCUT2D eigenvalue weighted by Gasteiger charge is 2.21. The summed E-state index contributed by atoms with van der Waals surface area (Å²) in [6.07, 6.45) is 1.98. The number of unbranched alkanes of at least 4 members (excludes halogenated alkanes) is 1. The molecule has 1 aromatic heterocycles. The lowest BCUT2D eigenvalue weighted by molar-refractivity contribution is -0.138. The van der Waals surface area contributed by atoms with Crippen LogP contribution in [0.15, 0.2) is 23.0 Å². The van der Waals surface area contributed by atoms with Crippen molar-refractivity contribution in [3.8, 4) is 22.8 Å². The number of fused-ring (bicyclic) bond motifs is 3. The lowest BCUT2D eigenvalue weighted by Gasteiger charge is -2.23. The predicted molar refractivity (Wildman–Crippen MR) is 118 cm³/mol. The third-order valence-electron chi connectivity index (χ3n) is 5.30. The van der Waals surface area contributed by atoms with Crippen molar-refractivity contribution < 1.29 is 24.2 Å². The number of carbonyl (C=O) groups is 2. The van der Waals surface area contributed by atoms with Gasteiger partial charge in [0.25, 0.3) is 0 Å². The molecule has 172 valence electrons. The number of carboxylic acids is 1. The first-order chi connectivity index (χ1) is 15.4. The van der Waals surface area contributed by atoms with Gasteiger partial charge in [0.05, 0.1) is 26.3 Å². The molecule has 0 radical (unpaired) electrons. The molecule has 0 aliphatic carbocycles. The third-order valence-corrected chi connectivity index (χ3v) is 5.30. The highest BCUT2D eigenvalue weighted by atomic mass is 16.5. The molecule has 0 saturated heterocycles. The number of nitrogens with one attached hydrogen (secondary N) is 2. The summed E-state index contributed by atoms with van der Waals surface area (Å²) < 4.78 is 12.5. The van der Waals surface area contributed by atoms with Crippen molar-refractivity contribution in [2.45, 2.75) is 38.6 Å². The van der Waals surface area contributed by atoms with Gasteiger partial charge in [0.15, 0.2) is 11.5 Å². The predicted octanol–water partition coefficient (Wildman–Crippen LogP) is 1.66. The lowest BCUT2D eigenvalue weighted by atomic mass is 9.97. The Hall–Kier alpha value is -3.56. The fourth-order valence-corrected chi connectivity index (χ4v) is 3.64. The van der Waals surface area contributed by atoms with Gasteiger partial charge in [-0.05, 0) is 37.0 Å². The fraction of sp³-hybridized carbons (Fsp3) is 0.455. The number of amides is 1. The van der Waals surface area contributed by atoms with Gasteiger partial charge in [-0.1, -0.05) is 0 Å². The van der Waals surface area contributed by atoms with Crippen LogP contribution < -0.4 is 25.8 Å². The summed E-state index contributed by atoms with van der Waals surface area (Å²) in [6, 6.07) is 5.69. The maximum atomic E-state index is 12.6. The van der Waals surface area contributed by atoms with Crippen molar-refractivity contribution in [1.29, 1.82) is 0 Å². The molecule has 10 heteroatoms. The summed E-state index contributed by atoms with van der Waals surface area (Å²) in [5.74, 6) is 0.497. The zero-order chi connectivity index (χ0) is 23.1. The van der Waals surface area contributed by atoms with Crippen LogP contribution in [0.1, 0.15) is 31.2 Å². The highest BCUT2D eigenvalue weighted by molar-refractivity contribution is 5.80. The highest BCUT2D eigenvalue weighted by Crippen LogP contribution is 2.38. The average molecular weight is 444 g/mol. The van der Waals surface area contributed by atoms with E-state index in [0.717, 1.165) is 29.7 Å². The second-order valence-electron chi connectivity index (χ2n) is 7.45. The van der Waals surface area contributed by atoms with Crippen molar-refractivity contribution in [3.05, 3.63) is 34.2 Å². The van der Waals surface area contributed by atoms with Gasteiger partial charge in [0.1, 0.15) is 5.82 Å². The summed E-state index contributed by atoms with van der Waals surface area (Å²) in [5.41, 5.74) is 2.47. The number of methoxy groups -OCH3 is 2. The van der Waals surface area contributed by atoms with Gasteiger partial charge < -0.3 is 25.2 Å². The van der Waals surface area contributed by atoms with Gasteiger partial charge in [0.2, 0.25) is 5.91 Å². The summed E-state index contributed by atoms with van der Waals surface area (Å²) >= 11 is 0. The Bertz CT molecular complexity index is 1050. The van der Waals surface area contributed by atoms with Gasteiger partial charge in [-0.3, -0.25) is 14.2 Å². The molecule has 10 nitrogen and oxygen atoms in total. The molecule has 0 atom stereocenters. The van der Waals surface area contributed by atoms with Gasteiger partial charge >= 0.3 is 11.7 Å². The maximum absolute atomic E-state index is 12.6. The molecule has 32 heavy (non-hydrogen) atoms. The van der Waals surface area contributed by atoms with E-state index in [4.69, 9.17) is 14.6 Å². The number of rotatable bonds is 11. The molecule has 2 heterocycles. The molecular formula is C22H28N4O6. The van der Waals surface area contributed by atoms with Crippen LogP contribution in [0.25, 0.3) is 11.3 Å². The number of nitrogens with zero attached hydrogens (tertiary/aromatic N) is 2. The largest absolute Gasteiger partial charge is 0.493 e. The number of aryl methyl sites for hydroxylation is 1. The second-order valence-corrected chi connectivity index (χ2v) is 7.45. The average Bonchev–Trinajstić information content (AvgIpc) is 2.78. The van der Waals surface area contributed by atoms with Crippen LogP contribution in [0.3, 0.4) is 0 Å². The normalized spacial score (nSPS) is 11.8. The van der Waals surface area contributed by atoms with Crippen LogP contribution in [0, 0.1) is 0 Å². The van der Waals surface area contributed by atoms with E-state index in [-0.39, 0.29) is 24.4 Å². The van der Waals surface area contributed by atoms with E-state index in [9.17, 15) is 14.4 Å². The minimum atomic E-state index is -0.988. The minimum Gasteiger partial charge on any atom is -0.493 e. The Morgan fingerprint density at radius 1 is 1.09 bits per heavy atom. The third kappa shape index (κ3) is 5.57. The molecule has 0 unspecified atom stereocenters. The molecule has 1 aliphatic heterocycles. The van der Waals surface area contributed by atoms with Crippen LogP contribution in [0.2, 0.25) is 0 Å². The number of aliphatic carboxylic acids is 1. The number of hydrogen-bond donors (Lipinski definition) is 3. The second kappa shape index (κ2) is 10.7. The van der Waals surface area contributed by atoms with Crippen molar-refractivity contribution >= 4 is 17.7 Å². The van der Waals surface area contributed by atoms with Crippen LogP contribution in [-0.4, -0.2) is 53.8 Å². The van der Waals surface area contributed by atoms with Crippen molar-refractivity contribution in [1.82, 2.24) is 14.9 Å². The van der Waals surface area contributed by atoms with E-state index >= 15 is 0 Å². The van der Waals surface area contributed by atoms with Gasteiger partial charge in [0, 0.05) is 37.7 Å².